The Morgan fingerprint density at radius 1 is 0.593 bits per heavy atom. The second-order valence-corrected chi connectivity index (χ2v) is 17.2. The minimum atomic E-state index is -0.299. The van der Waals surface area contributed by atoms with Crippen molar-refractivity contribution in [3.05, 3.63) is 138 Å². The third-order valence-corrected chi connectivity index (χ3v) is 10.5. The molecule has 5 nitrogen and oxygen atoms in total. The molecule has 7 aromatic rings. The summed E-state index contributed by atoms with van der Waals surface area (Å²) in [6, 6.07) is 36.0. The van der Waals surface area contributed by atoms with E-state index in [9.17, 15) is 5.11 Å². The number of phenols is 1. The molecule has 0 saturated carbocycles. The van der Waals surface area contributed by atoms with E-state index in [0.717, 1.165) is 61.5 Å². The summed E-state index contributed by atoms with van der Waals surface area (Å²) in [4.78, 5) is 15.5. The van der Waals surface area contributed by atoms with E-state index in [1.165, 1.54) is 11.1 Å². The maximum Gasteiger partial charge on any atom is 0.165 e. The number of pyridine rings is 2. The molecule has 0 saturated heterocycles. The van der Waals surface area contributed by atoms with Crippen molar-refractivity contribution in [1.82, 2.24) is 19.5 Å². The van der Waals surface area contributed by atoms with Crippen molar-refractivity contribution in [2.75, 3.05) is 0 Å². The zero-order valence-electron chi connectivity index (χ0n) is 33.4. The van der Waals surface area contributed by atoms with Crippen molar-refractivity contribution in [3.8, 4) is 56.3 Å². The fourth-order valence-corrected chi connectivity index (χ4v) is 7.39. The number of phenolic OH excluding ortho intramolecular Hbond substituents is 1. The smallest absolute Gasteiger partial charge is 0.165 e. The Morgan fingerprint density at radius 2 is 1.24 bits per heavy atom. The molecule has 1 N–H and O–H groups in total. The lowest BCUT2D eigenvalue weighted by Gasteiger charge is -2.28. The van der Waals surface area contributed by atoms with Gasteiger partial charge in [0.15, 0.2) is 11.5 Å². The second kappa shape index (κ2) is 14.0. The summed E-state index contributed by atoms with van der Waals surface area (Å²) in [6.07, 6.45) is 3.83. The van der Waals surface area contributed by atoms with Crippen LogP contribution in [0.25, 0.3) is 61.8 Å². The molecular weight excluding hydrogens is 661 g/mol. The molecule has 0 amide bonds. The van der Waals surface area contributed by atoms with E-state index in [0.29, 0.717) is 11.4 Å². The van der Waals surface area contributed by atoms with Gasteiger partial charge in [-0.1, -0.05) is 148 Å². The van der Waals surface area contributed by atoms with Gasteiger partial charge in [0.05, 0.1) is 16.9 Å². The standard InChI is InChI=1S/C49H52N4O/c1-30(2)37-20-15-21-38(31(3)4)44(37)53-46(40-27-36(48(5,6)7)28-41(45(40)54)49(8,9)10)52-43-39(24-25-50-47(43)53)33-18-14-19-34(26-33)42-23-22-35(29-51-42)32-16-12-11-13-17-32/h11-31,54H,1-10H3. The zero-order valence-corrected chi connectivity index (χ0v) is 33.4. The molecule has 0 bridgehead atoms. The lowest BCUT2D eigenvalue weighted by molar-refractivity contribution is 0.446. The molecule has 7 rings (SSSR count). The van der Waals surface area contributed by atoms with Crippen molar-refractivity contribution < 1.29 is 5.11 Å². The van der Waals surface area contributed by atoms with Crippen LogP contribution < -0.4 is 0 Å². The highest BCUT2D eigenvalue weighted by atomic mass is 16.3. The quantitative estimate of drug-likeness (QED) is 0.179. The van der Waals surface area contributed by atoms with E-state index < -0.39 is 0 Å². The molecule has 3 heterocycles. The van der Waals surface area contributed by atoms with Crippen LogP contribution in [0.5, 0.6) is 5.75 Å². The average molecular weight is 713 g/mol. The predicted molar refractivity (Wildman–Crippen MR) is 226 cm³/mol. The molecule has 0 unspecified atom stereocenters. The first-order chi connectivity index (χ1) is 25.6. The molecular formula is C49H52N4O. The molecule has 0 fully saturated rings. The van der Waals surface area contributed by atoms with Gasteiger partial charge in [0.25, 0.3) is 0 Å². The molecule has 3 aromatic heterocycles. The highest BCUT2D eigenvalue weighted by Crippen LogP contribution is 2.45. The molecule has 0 radical (unpaired) electrons. The lowest BCUT2D eigenvalue weighted by Crippen LogP contribution is -2.17. The van der Waals surface area contributed by atoms with Gasteiger partial charge in [0.2, 0.25) is 0 Å². The van der Waals surface area contributed by atoms with Gasteiger partial charge in [-0.25, -0.2) is 9.97 Å². The van der Waals surface area contributed by atoms with E-state index in [2.05, 4.69) is 159 Å². The molecule has 0 atom stereocenters. The first kappa shape index (κ1) is 36.8. The molecule has 54 heavy (non-hydrogen) atoms. The number of imidazole rings is 1. The molecule has 4 aromatic carbocycles. The van der Waals surface area contributed by atoms with Crippen molar-refractivity contribution in [2.45, 2.75) is 91.9 Å². The number of nitrogens with zero attached hydrogens (tertiary/aromatic N) is 4. The van der Waals surface area contributed by atoms with E-state index in [4.69, 9.17) is 15.0 Å². The number of fused-ring (bicyclic) bond motifs is 1. The summed E-state index contributed by atoms with van der Waals surface area (Å²) in [6.45, 7) is 22.1. The average Bonchev–Trinajstić information content (AvgIpc) is 3.53. The highest BCUT2D eigenvalue weighted by Gasteiger charge is 2.30. The summed E-state index contributed by atoms with van der Waals surface area (Å²) in [5, 5.41) is 12.3. The number of hydrogen-bond acceptors (Lipinski definition) is 4. The SMILES string of the molecule is CC(C)c1cccc(C(C)C)c1-n1c(-c2cc(C(C)(C)C)cc(C(C)(C)C)c2O)nc2c(-c3cccc(-c4ccc(-c5ccccc5)cn4)c3)ccnc21. The molecule has 0 spiro atoms. The van der Waals surface area contributed by atoms with Crippen LogP contribution in [-0.2, 0) is 10.8 Å². The van der Waals surface area contributed by atoms with Gasteiger partial charge >= 0.3 is 0 Å². The minimum absolute atomic E-state index is 0.157. The van der Waals surface area contributed by atoms with Crippen LogP contribution in [0.2, 0.25) is 0 Å². The first-order valence-corrected chi connectivity index (χ1v) is 19.1. The van der Waals surface area contributed by atoms with Crippen molar-refractivity contribution >= 4 is 11.2 Å². The fraction of sp³-hybridized carbons (Fsp3) is 0.286. The van der Waals surface area contributed by atoms with Crippen LogP contribution in [-0.4, -0.2) is 24.6 Å². The molecule has 274 valence electrons. The second-order valence-electron chi connectivity index (χ2n) is 17.2. The summed E-state index contributed by atoms with van der Waals surface area (Å²) in [5.74, 6) is 1.42. The van der Waals surface area contributed by atoms with Gasteiger partial charge in [-0.3, -0.25) is 9.55 Å². The largest absolute Gasteiger partial charge is 0.507 e. The van der Waals surface area contributed by atoms with Crippen LogP contribution in [0.3, 0.4) is 0 Å². The Kier molecular flexibility index (Phi) is 9.55. The van der Waals surface area contributed by atoms with Gasteiger partial charge in [0, 0.05) is 34.6 Å². The Balaban J connectivity index is 1.51. The Bertz CT molecular complexity index is 2430. The number of aromatic hydroxyl groups is 1. The van der Waals surface area contributed by atoms with Crippen molar-refractivity contribution in [2.24, 2.45) is 0 Å². The third-order valence-electron chi connectivity index (χ3n) is 10.5. The molecule has 5 heteroatoms. The Morgan fingerprint density at radius 3 is 1.85 bits per heavy atom. The maximum absolute atomic E-state index is 12.3. The summed E-state index contributed by atoms with van der Waals surface area (Å²) in [5.41, 5.74) is 13.5. The normalized spacial score (nSPS) is 12.3. The zero-order chi connectivity index (χ0) is 38.5. The van der Waals surface area contributed by atoms with Crippen molar-refractivity contribution in [3.63, 3.8) is 0 Å². The third kappa shape index (κ3) is 6.84. The highest BCUT2D eigenvalue weighted by molar-refractivity contribution is 5.95. The first-order valence-electron chi connectivity index (χ1n) is 19.1. The summed E-state index contributed by atoms with van der Waals surface area (Å²) in [7, 11) is 0. The van der Waals surface area contributed by atoms with Gasteiger partial charge in [-0.05, 0) is 74.7 Å². The van der Waals surface area contributed by atoms with Gasteiger partial charge in [0.1, 0.15) is 11.3 Å². The lowest BCUT2D eigenvalue weighted by atomic mass is 9.79. The number of benzene rings is 4. The Labute approximate surface area is 320 Å². The van der Waals surface area contributed by atoms with E-state index in [-0.39, 0.29) is 28.4 Å². The molecule has 0 aliphatic heterocycles. The van der Waals surface area contributed by atoms with Crippen LogP contribution in [0, 0.1) is 0 Å². The van der Waals surface area contributed by atoms with Crippen LogP contribution in [0.15, 0.2) is 116 Å². The van der Waals surface area contributed by atoms with Gasteiger partial charge < -0.3 is 5.11 Å². The van der Waals surface area contributed by atoms with E-state index in [1.807, 2.05) is 30.6 Å². The van der Waals surface area contributed by atoms with Crippen molar-refractivity contribution in [1.29, 1.82) is 0 Å². The number of para-hydroxylation sites is 1. The number of rotatable bonds is 7. The van der Waals surface area contributed by atoms with Gasteiger partial charge in [-0.15, -0.1) is 0 Å². The maximum atomic E-state index is 12.3. The van der Waals surface area contributed by atoms with Crippen LogP contribution >= 0.6 is 0 Å². The molecule has 0 aliphatic carbocycles. The van der Waals surface area contributed by atoms with Crippen LogP contribution in [0.1, 0.15) is 103 Å². The summed E-state index contributed by atoms with van der Waals surface area (Å²) >= 11 is 0. The summed E-state index contributed by atoms with van der Waals surface area (Å²) < 4.78 is 2.23. The van der Waals surface area contributed by atoms with E-state index in [1.54, 1.807) is 0 Å². The molecule has 0 aliphatic rings. The monoisotopic (exact) mass is 712 g/mol. The number of hydrogen-bond donors (Lipinski definition) is 1. The minimum Gasteiger partial charge on any atom is -0.507 e. The fourth-order valence-electron chi connectivity index (χ4n) is 7.39. The predicted octanol–water partition coefficient (Wildman–Crippen LogP) is 13.0. The Hall–Kier alpha value is -5.55. The topological polar surface area (TPSA) is 63.8 Å². The number of aromatic nitrogens is 4. The van der Waals surface area contributed by atoms with E-state index >= 15 is 0 Å². The van der Waals surface area contributed by atoms with Gasteiger partial charge in [-0.2, -0.15) is 0 Å². The van der Waals surface area contributed by atoms with Crippen LogP contribution in [0.4, 0.5) is 0 Å².